The van der Waals surface area contributed by atoms with Gasteiger partial charge in [-0.25, -0.2) is 0 Å². The minimum absolute atomic E-state index is 0.0598. The van der Waals surface area contributed by atoms with Crippen LogP contribution in [0.25, 0.3) is 10.8 Å². The van der Waals surface area contributed by atoms with Crippen LogP contribution in [0.2, 0.25) is 0 Å². The first-order chi connectivity index (χ1) is 14.2. The predicted octanol–water partition coefficient (Wildman–Crippen LogP) is 5.61. The highest BCUT2D eigenvalue weighted by molar-refractivity contribution is 9.10. The van der Waals surface area contributed by atoms with Crippen molar-refractivity contribution in [2.45, 2.75) is 6.42 Å². The number of nitrogens with zero attached hydrogens (tertiary/aromatic N) is 1. The number of pyridine rings is 1. The van der Waals surface area contributed by atoms with Gasteiger partial charge in [0.2, 0.25) is 0 Å². The first-order valence-electron chi connectivity index (χ1n) is 9.27. The zero-order valence-corrected chi connectivity index (χ0v) is 17.2. The molecule has 0 bridgehead atoms. The number of halogens is 1. The number of rotatable bonds is 6. The van der Waals surface area contributed by atoms with Crippen LogP contribution in [-0.4, -0.2) is 17.5 Å². The topological polar surface area (TPSA) is 51.2 Å². The van der Waals surface area contributed by atoms with Crippen LogP contribution in [-0.2, 0) is 11.2 Å². The molecule has 1 aromatic heterocycles. The van der Waals surface area contributed by atoms with Crippen LogP contribution >= 0.6 is 15.9 Å². The number of benzene rings is 3. The number of hydrogen-bond donors (Lipinski definition) is 1. The zero-order valence-electron chi connectivity index (χ0n) is 15.6. The van der Waals surface area contributed by atoms with Gasteiger partial charge in [-0.3, -0.25) is 9.78 Å². The first-order valence-corrected chi connectivity index (χ1v) is 10.1. The number of nitrogens with one attached hydrogen (secondary N) is 1. The monoisotopic (exact) mass is 446 g/mol. The highest BCUT2D eigenvalue weighted by Gasteiger charge is 2.09. The van der Waals surface area contributed by atoms with Crippen molar-refractivity contribution in [2.24, 2.45) is 0 Å². The van der Waals surface area contributed by atoms with E-state index < -0.39 is 0 Å². The van der Waals surface area contributed by atoms with E-state index in [-0.39, 0.29) is 12.5 Å². The van der Waals surface area contributed by atoms with Crippen LogP contribution in [0.1, 0.15) is 11.1 Å². The smallest absolute Gasteiger partial charge is 0.262 e. The maximum Gasteiger partial charge on any atom is 0.262 e. The van der Waals surface area contributed by atoms with Gasteiger partial charge in [-0.2, -0.15) is 0 Å². The highest BCUT2D eigenvalue weighted by Crippen LogP contribution is 2.33. The Morgan fingerprint density at radius 3 is 2.41 bits per heavy atom. The lowest BCUT2D eigenvalue weighted by molar-refractivity contribution is -0.118. The molecule has 0 saturated carbocycles. The molecule has 29 heavy (non-hydrogen) atoms. The Bertz CT molecular complexity index is 1130. The molecule has 5 heteroatoms. The molecule has 144 valence electrons. The van der Waals surface area contributed by atoms with Crippen molar-refractivity contribution in [3.8, 4) is 5.75 Å². The van der Waals surface area contributed by atoms with Crippen molar-refractivity contribution in [2.75, 3.05) is 11.9 Å². The minimum atomic E-state index is -0.202. The Morgan fingerprint density at radius 2 is 1.62 bits per heavy atom. The lowest BCUT2D eigenvalue weighted by Gasteiger charge is -2.11. The Balaban J connectivity index is 1.34. The van der Waals surface area contributed by atoms with Gasteiger partial charge < -0.3 is 10.1 Å². The van der Waals surface area contributed by atoms with Gasteiger partial charge in [0.25, 0.3) is 5.91 Å². The molecule has 4 nitrogen and oxygen atoms in total. The fourth-order valence-electron chi connectivity index (χ4n) is 3.11. The molecule has 0 radical (unpaired) electrons. The molecule has 0 aliphatic heterocycles. The van der Waals surface area contributed by atoms with Crippen molar-refractivity contribution >= 4 is 38.3 Å². The second-order valence-electron chi connectivity index (χ2n) is 6.66. The number of hydrogen-bond acceptors (Lipinski definition) is 3. The molecule has 0 saturated heterocycles. The predicted molar refractivity (Wildman–Crippen MR) is 119 cm³/mol. The van der Waals surface area contributed by atoms with Crippen LogP contribution in [0.3, 0.4) is 0 Å². The summed E-state index contributed by atoms with van der Waals surface area (Å²) in [6, 6.07) is 23.7. The third-order valence-corrected chi connectivity index (χ3v) is 5.40. The SMILES string of the molecule is O=C(COc1ccc2ccccc2c1Br)Nc1ccc(Cc2ccncc2)cc1. The molecular formula is C24H19BrN2O2. The quantitative estimate of drug-likeness (QED) is 0.418. The molecule has 3 aromatic carbocycles. The maximum atomic E-state index is 12.3. The Hall–Kier alpha value is -3.18. The summed E-state index contributed by atoms with van der Waals surface area (Å²) in [5.41, 5.74) is 3.12. The summed E-state index contributed by atoms with van der Waals surface area (Å²) >= 11 is 3.57. The van der Waals surface area contributed by atoms with Crippen LogP contribution in [0, 0.1) is 0 Å². The zero-order chi connectivity index (χ0) is 20.1. The lowest BCUT2D eigenvalue weighted by atomic mass is 10.1. The number of amides is 1. The molecule has 1 heterocycles. The van der Waals surface area contributed by atoms with Crippen LogP contribution < -0.4 is 10.1 Å². The fraction of sp³-hybridized carbons (Fsp3) is 0.0833. The number of carbonyl (C=O) groups excluding carboxylic acids is 1. The van der Waals surface area contributed by atoms with E-state index >= 15 is 0 Å². The van der Waals surface area contributed by atoms with E-state index in [2.05, 4.69) is 26.2 Å². The summed E-state index contributed by atoms with van der Waals surface area (Å²) < 4.78 is 6.57. The molecule has 1 amide bonds. The van der Waals surface area contributed by atoms with Gasteiger partial charge in [0, 0.05) is 18.1 Å². The summed E-state index contributed by atoms with van der Waals surface area (Å²) in [5.74, 6) is 0.443. The Labute approximate surface area is 177 Å². The third kappa shape index (κ3) is 4.81. The third-order valence-electron chi connectivity index (χ3n) is 4.58. The van der Waals surface area contributed by atoms with Crippen molar-refractivity contribution in [1.82, 2.24) is 4.98 Å². The molecule has 0 fully saturated rings. The number of carbonyl (C=O) groups is 1. The van der Waals surface area contributed by atoms with Crippen molar-refractivity contribution < 1.29 is 9.53 Å². The summed E-state index contributed by atoms with van der Waals surface area (Å²) in [4.78, 5) is 16.3. The normalized spacial score (nSPS) is 10.7. The summed E-state index contributed by atoms with van der Waals surface area (Å²) in [7, 11) is 0. The Morgan fingerprint density at radius 1 is 0.897 bits per heavy atom. The molecule has 0 spiro atoms. The van der Waals surface area contributed by atoms with Gasteiger partial charge in [0.15, 0.2) is 6.61 Å². The molecule has 0 aliphatic rings. The maximum absolute atomic E-state index is 12.3. The van der Waals surface area contributed by atoms with Crippen molar-refractivity contribution in [3.05, 3.63) is 101 Å². The second kappa shape index (κ2) is 8.88. The van der Waals surface area contributed by atoms with Gasteiger partial charge in [-0.15, -0.1) is 0 Å². The van der Waals surface area contributed by atoms with E-state index in [0.29, 0.717) is 5.75 Å². The van der Waals surface area contributed by atoms with Crippen molar-refractivity contribution in [3.63, 3.8) is 0 Å². The van der Waals surface area contributed by atoms with E-state index in [1.54, 1.807) is 12.4 Å². The van der Waals surface area contributed by atoms with E-state index in [1.807, 2.05) is 72.8 Å². The number of ether oxygens (including phenoxy) is 1. The van der Waals surface area contributed by atoms with Crippen LogP contribution in [0.15, 0.2) is 89.7 Å². The fourth-order valence-corrected chi connectivity index (χ4v) is 3.72. The van der Waals surface area contributed by atoms with Gasteiger partial charge in [-0.05, 0) is 74.6 Å². The molecule has 0 aliphatic carbocycles. The van der Waals surface area contributed by atoms with Crippen LogP contribution in [0.4, 0.5) is 5.69 Å². The molecule has 1 N–H and O–H groups in total. The molecule has 0 unspecified atom stereocenters. The summed E-state index contributed by atoms with van der Waals surface area (Å²) in [6.07, 6.45) is 4.41. The van der Waals surface area contributed by atoms with Gasteiger partial charge in [-0.1, -0.05) is 42.5 Å². The average Bonchev–Trinajstić information content (AvgIpc) is 2.76. The lowest BCUT2D eigenvalue weighted by Crippen LogP contribution is -2.20. The van der Waals surface area contributed by atoms with Crippen molar-refractivity contribution in [1.29, 1.82) is 0 Å². The molecule has 4 rings (SSSR count). The van der Waals surface area contributed by atoms with E-state index in [0.717, 1.165) is 27.4 Å². The number of aromatic nitrogens is 1. The highest BCUT2D eigenvalue weighted by atomic mass is 79.9. The molecule has 4 aromatic rings. The van der Waals surface area contributed by atoms with Crippen LogP contribution in [0.5, 0.6) is 5.75 Å². The second-order valence-corrected chi connectivity index (χ2v) is 7.46. The van der Waals surface area contributed by atoms with E-state index in [4.69, 9.17) is 4.74 Å². The summed E-state index contributed by atoms with van der Waals surface area (Å²) in [6.45, 7) is -0.0598. The van der Waals surface area contributed by atoms with Gasteiger partial charge >= 0.3 is 0 Å². The molecular weight excluding hydrogens is 428 g/mol. The van der Waals surface area contributed by atoms with E-state index in [9.17, 15) is 4.79 Å². The molecule has 0 atom stereocenters. The number of anilines is 1. The average molecular weight is 447 g/mol. The summed E-state index contributed by atoms with van der Waals surface area (Å²) in [5, 5.41) is 5.04. The van der Waals surface area contributed by atoms with Gasteiger partial charge in [0.1, 0.15) is 5.75 Å². The largest absolute Gasteiger partial charge is 0.483 e. The first kappa shape index (κ1) is 19.2. The Kier molecular flexibility index (Phi) is 5.86. The number of fused-ring (bicyclic) bond motifs is 1. The van der Waals surface area contributed by atoms with Gasteiger partial charge in [0.05, 0.1) is 4.47 Å². The van der Waals surface area contributed by atoms with E-state index in [1.165, 1.54) is 11.1 Å². The minimum Gasteiger partial charge on any atom is -0.483 e. The standard InChI is InChI=1S/C24H19BrN2O2/c25-24-21-4-2-1-3-19(21)7-10-22(24)29-16-23(28)27-20-8-5-17(6-9-20)15-18-11-13-26-14-12-18/h1-14H,15-16H2,(H,27,28).